The van der Waals surface area contributed by atoms with Gasteiger partial charge in [0.1, 0.15) is 5.69 Å². The predicted octanol–water partition coefficient (Wildman–Crippen LogP) is 3.23. The van der Waals surface area contributed by atoms with Gasteiger partial charge in [0.25, 0.3) is 5.56 Å². The highest BCUT2D eigenvalue weighted by Crippen LogP contribution is 2.20. The number of H-pyrrole nitrogens is 1. The van der Waals surface area contributed by atoms with Crippen LogP contribution in [0.15, 0.2) is 39.9 Å². The fourth-order valence-electron chi connectivity index (χ4n) is 3.55. The maximum atomic E-state index is 13.6. The van der Waals surface area contributed by atoms with Crippen LogP contribution in [0.2, 0.25) is 0 Å². The zero-order valence-electron chi connectivity index (χ0n) is 17.0. The van der Waals surface area contributed by atoms with E-state index in [0.29, 0.717) is 5.56 Å². The average molecular weight is 413 g/mol. The molecule has 0 saturated heterocycles. The summed E-state index contributed by atoms with van der Waals surface area (Å²) in [4.78, 5) is 43.9. The van der Waals surface area contributed by atoms with E-state index in [2.05, 4.69) is 9.97 Å². The molecule has 1 aromatic carbocycles. The van der Waals surface area contributed by atoms with Gasteiger partial charge in [0.2, 0.25) is 17.7 Å². The summed E-state index contributed by atoms with van der Waals surface area (Å²) in [5.41, 5.74) is 0.650. The number of halogens is 2. The Morgan fingerprint density at radius 2 is 1.60 bits per heavy atom. The molecule has 0 radical (unpaired) electrons. The lowest BCUT2D eigenvalue weighted by molar-refractivity contribution is 0.102. The first-order valence-electron chi connectivity index (χ1n) is 9.38. The standard InChI is InChI=1S/C22H21F2N3O3/c1-11(2)18-19(20(28)15-6-12(3)5-13(4)7-15)27(22(30)26-21(18)29)10-14-8-16(23)25-17(24)9-14/h5-9,11H,10H2,1-4H3,(H,26,29,30). The highest BCUT2D eigenvalue weighted by molar-refractivity contribution is 6.09. The van der Waals surface area contributed by atoms with Crippen molar-refractivity contribution in [3.8, 4) is 0 Å². The van der Waals surface area contributed by atoms with Crippen molar-refractivity contribution in [2.24, 2.45) is 0 Å². The van der Waals surface area contributed by atoms with Crippen molar-refractivity contribution >= 4 is 5.78 Å². The molecule has 0 aliphatic heterocycles. The highest BCUT2D eigenvalue weighted by Gasteiger charge is 2.25. The topological polar surface area (TPSA) is 84.8 Å². The van der Waals surface area contributed by atoms with Crippen LogP contribution in [0.4, 0.5) is 8.78 Å². The van der Waals surface area contributed by atoms with Crippen LogP contribution < -0.4 is 11.2 Å². The maximum absolute atomic E-state index is 13.6. The third-order valence-electron chi connectivity index (χ3n) is 4.67. The number of aromatic nitrogens is 3. The number of benzene rings is 1. The predicted molar refractivity (Wildman–Crippen MR) is 108 cm³/mol. The van der Waals surface area contributed by atoms with Gasteiger partial charge in [-0.15, -0.1) is 0 Å². The van der Waals surface area contributed by atoms with Gasteiger partial charge in [-0.1, -0.05) is 31.0 Å². The summed E-state index contributed by atoms with van der Waals surface area (Å²) in [7, 11) is 0. The quantitative estimate of drug-likeness (QED) is 0.514. The first kappa shape index (κ1) is 21.3. The first-order chi connectivity index (χ1) is 14.1. The Balaban J connectivity index is 2.29. The van der Waals surface area contributed by atoms with Crippen molar-refractivity contribution in [1.82, 2.24) is 14.5 Å². The molecule has 0 aliphatic carbocycles. The molecule has 1 N–H and O–H groups in total. The number of aromatic amines is 1. The van der Waals surface area contributed by atoms with Crippen LogP contribution >= 0.6 is 0 Å². The van der Waals surface area contributed by atoms with E-state index < -0.39 is 28.9 Å². The molecule has 156 valence electrons. The van der Waals surface area contributed by atoms with E-state index in [1.54, 1.807) is 26.0 Å². The maximum Gasteiger partial charge on any atom is 0.329 e. The number of nitrogens with zero attached hydrogens (tertiary/aromatic N) is 2. The number of aryl methyl sites for hydroxylation is 2. The molecule has 30 heavy (non-hydrogen) atoms. The second-order valence-electron chi connectivity index (χ2n) is 7.59. The summed E-state index contributed by atoms with van der Waals surface area (Å²) in [5, 5.41) is 0. The van der Waals surface area contributed by atoms with E-state index in [9.17, 15) is 23.2 Å². The summed E-state index contributed by atoms with van der Waals surface area (Å²) in [6.45, 7) is 6.81. The molecule has 6 nitrogen and oxygen atoms in total. The van der Waals surface area contributed by atoms with Gasteiger partial charge in [-0.3, -0.25) is 19.1 Å². The molecular weight excluding hydrogens is 392 g/mol. The number of carbonyl (C=O) groups excluding carboxylic acids is 1. The second-order valence-corrected chi connectivity index (χ2v) is 7.59. The Hall–Kier alpha value is -3.42. The summed E-state index contributed by atoms with van der Waals surface area (Å²) in [6, 6.07) is 7.18. The van der Waals surface area contributed by atoms with Crippen molar-refractivity contribution < 1.29 is 13.6 Å². The molecule has 3 rings (SSSR count). The molecule has 0 amide bonds. The molecule has 8 heteroatoms. The monoisotopic (exact) mass is 413 g/mol. The molecule has 0 atom stereocenters. The van der Waals surface area contributed by atoms with Crippen LogP contribution in [-0.4, -0.2) is 20.3 Å². The summed E-state index contributed by atoms with van der Waals surface area (Å²) in [5.74, 6) is -2.98. The van der Waals surface area contributed by atoms with Crippen molar-refractivity contribution in [1.29, 1.82) is 0 Å². The second kappa shape index (κ2) is 8.14. The molecule has 2 aromatic heterocycles. The SMILES string of the molecule is Cc1cc(C)cc(C(=O)c2c(C(C)C)c(=O)[nH]c(=O)n2Cc2cc(F)nc(F)c2)c1. The lowest BCUT2D eigenvalue weighted by atomic mass is 9.95. The molecule has 0 spiro atoms. The van der Waals surface area contributed by atoms with Crippen molar-refractivity contribution in [3.05, 3.63) is 96.6 Å². The van der Waals surface area contributed by atoms with Crippen LogP contribution in [0.5, 0.6) is 0 Å². The zero-order valence-corrected chi connectivity index (χ0v) is 17.0. The number of nitrogens with one attached hydrogen (secondary N) is 1. The number of hydrogen-bond acceptors (Lipinski definition) is 4. The van der Waals surface area contributed by atoms with Gasteiger partial charge in [0.05, 0.1) is 6.54 Å². The number of ketones is 1. The van der Waals surface area contributed by atoms with Crippen molar-refractivity contribution in [2.75, 3.05) is 0 Å². The van der Waals surface area contributed by atoms with E-state index in [-0.39, 0.29) is 29.3 Å². The Morgan fingerprint density at radius 1 is 1.03 bits per heavy atom. The third-order valence-corrected chi connectivity index (χ3v) is 4.67. The van der Waals surface area contributed by atoms with Gasteiger partial charge in [-0.2, -0.15) is 13.8 Å². The lowest BCUT2D eigenvalue weighted by Gasteiger charge is -2.18. The molecule has 0 aliphatic rings. The van der Waals surface area contributed by atoms with Crippen molar-refractivity contribution in [2.45, 2.75) is 40.2 Å². The van der Waals surface area contributed by atoms with Gasteiger partial charge in [-0.25, -0.2) is 4.79 Å². The largest absolute Gasteiger partial charge is 0.329 e. The van der Waals surface area contributed by atoms with Crippen LogP contribution in [0.25, 0.3) is 0 Å². The van der Waals surface area contributed by atoms with Crippen LogP contribution in [0.3, 0.4) is 0 Å². The minimum atomic E-state index is -1.05. The Kier molecular flexibility index (Phi) is 5.78. The molecule has 0 bridgehead atoms. The first-order valence-corrected chi connectivity index (χ1v) is 9.38. The summed E-state index contributed by atoms with van der Waals surface area (Å²) >= 11 is 0. The molecule has 0 unspecified atom stereocenters. The number of rotatable bonds is 5. The van der Waals surface area contributed by atoms with E-state index in [4.69, 9.17) is 0 Å². The van der Waals surface area contributed by atoms with Gasteiger partial charge < -0.3 is 0 Å². The van der Waals surface area contributed by atoms with E-state index in [1.807, 2.05) is 19.9 Å². The summed E-state index contributed by atoms with van der Waals surface area (Å²) < 4.78 is 28.2. The molecule has 3 aromatic rings. The van der Waals surface area contributed by atoms with Gasteiger partial charge >= 0.3 is 5.69 Å². The Labute approximate surface area is 171 Å². The fourth-order valence-corrected chi connectivity index (χ4v) is 3.55. The Morgan fingerprint density at radius 3 is 2.13 bits per heavy atom. The Bertz CT molecular complexity index is 1220. The average Bonchev–Trinajstić information content (AvgIpc) is 2.61. The smallest absolute Gasteiger partial charge is 0.287 e. The van der Waals surface area contributed by atoms with Gasteiger partial charge in [0, 0.05) is 11.1 Å². The highest BCUT2D eigenvalue weighted by atomic mass is 19.1. The lowest BCUT2D eigenvalue weighted by Crippen LogP contribution is -2.38. The van der Waals surface area contributed by atoms with E-state index in [1.165, 1.54) is 0 Å². The summed E-state index contributed by atoms with van der Waals surface area (Å²) in [6.07, 6.45) is 0. The molecule has 2 heterocycles. The third kappa shape index (κ3) is 4.27. The van der Waals surface area contributed by atoms with Gasteiger partial charge in [0.15, 0.2) is 0 Å². The van der Waals surface area contributed by atoms with Crippen LogP contribution in [0, 0.1) is 25.7 Å². The van der Waals surface area contributed by atoms with Crippen LogP contribution in [0.1, 0.15) is 58.1 Å². The molecule has 0 fully saturated rings. The number of carbonyl (C=O) groups is 1. The minimum absolute atomic E-state index is 0.0957. The van der Waals surface area contributed by atoms with Gasteiger partial charge in [-0.05, 0) is 49.6 Å². The fraction of sp³-hybridized carbons (Fsp3) is 0.273. The van der Waals surface area contributed by atoms with Crippen LogP contribution in [-0.2, 0) is 6.54 Å². The number of pyridine rings is 1. The minimum Gasteiger partial charge on any atom is -0.287 e. The molecule has 0 saturated carbocycles. The van der Waals surface area contributed by atoms with E-state index in [0.717, 1.165) is 27.8 Å². The zero-order chi connectivity index (χ0) is 22.2. The molecular formula is C22H21F2N3O3. The van der Waals surface area contributed by atoms with E-state index >= 15 is 0 Å². The number of hydrogen-bond donors (Lipinski definition) is 1. The normalized spacial score (nSPS) is 11.2. The van der Waals surface area contributed by atoms with Crippen molar-refractivity contribution in [3.63, 3.8) is 0 Å².